The fourth-order valence-electron chi connectivity index (χ4n) is 5.07. The van der Waals surface area contributed by atoms with Crippen molar-refractivity contribution in [2.75, 3.05) is 13.2 Å². The largest absolute Gasteiger partial charge is 0.481 e. The van der Waals surface area contributed by atoms with Crippen LogP contribution in [0.4, 0.5) is 0 Å². The van der Waals surface area contributed by atoms with Gasteiger partial charge in [-0.05, 0) is 87.1 Å². The number of aliphatic hydroxyl groups is 1. The van der Waals surface area contributed by atoms with Gasteiger partial charge in [0.25, 0.3) is 0 Å². The predicted octanol–water partition coefficient (Wildman–Crippen LogP) is 4.62. The van der Waals surface area contributed by atoms with Crippen LogP contribution in [0.15, 0.2) is 42.5 Å². The molecule has 33 heavy (non-hydrogen) atoms. The third-order valence-corrected chi connectivity index (χ3v) is 6.76. The maximum atomic E-state index is 11.0. The second-order valence-corrected chi connectivity index (χ2v) is 10.2. The molecule has 0 saturated carbocycles. The Morgan fingerprint density at radius 3 is 2.45 bits per heavy atom. The van der Waals surface area contributed by atoms with E-state index in [4.69, 9.17) is 9.84 Å². The quantitative estimate of drug-likeness (QED) is 0.437. The number of carbonyl (C=O) groups is 1. The number of aliphatic hydroxyl groups excluding tert-OH is 1. The van der Waals surface area contributed by atoms with E-state index in [9.17, 15) is 9.90 Å². The van der Waals surface area contributed by atoms with Gasteiger partial charge in [0.1, 0.15) is 0 Å². The maximum absolute atomic E-state index is 11.0. The lowest BCUT2D eigenvalue weighted by atomic mass is 9.88. The lowest BCUT2D eigenvalue weighted by Gasteiger charge is -2.31. The number of hydrogen-bond acceptors (Lipinski definition) is 4. The molecule has 0 bridgehead atoms. The van der Waals surface area contributed by atoms with Crippen molar-refractivity contribution in [2.45, 2.75) is 77.5 Å². The second kappa shape index (κ2) is 11.3. The number of ether oxygens (including phenoxy) is 1. The first-order valence-electron chi connectivity index (χ1n) is 12.1. The highest BCUT2D eigenvalue weighted by atomic mass is 16.5. The molecule has 0 heterocycles. The number of rotatable bonds is 12. The number of fused-ring (bicyclic) bond motifs is 1. The summed E-state index contributed by atoms with van der Waals surface area (Å²) in [5.41, 5.74) is 5.97. The Labute approximate surface area is 198 Å². The van der Waals surface area contributed by atoms with Crippen LogP contribution in [0.3, 0.4) is 0 Å². The van der Waals surface area contributed by atoms with Gasteiger partial charge < -0.3 is 20.3 Å². The molecule has 180 valence electrons. The van der Waals surface area contributed by atoms with Gasteiger partial charge in [0.15, 0.2) is 0 Å². The first-order valence-corrected chi connectivity index (χ1v) is 12.1. The Kier molecular flexibility index (Phi) is 8.69. The topological polar surface area (TPSA) is 78.8 Å². The Morgan fingerprint density at radius 1 is 1.15 bits per heavy atom. The van der Waals surface area contributed by atoms with E-state index in [1.165, 1.54) is 11.1 Å². The lowest BCUT2D eigenvalue weighted by molar-refractivity contribution is -0.136. The van der Waals surface area contributed by atoms with E-state index in [0.717, 1.165) is 36.0 Å². The van der Waals surface area contributed by atoms with Crippen molar-refractivity contribution in [3.05, 3.63) is 70.3 Å². The molecule has 0 aromatic heterocycles. The molecule has 0 unspecified atom stereocenters. The molecule has 1 aliphatic rings. The van der Waals surface area contributed by atoms with E-state index >= 15 is 0 Å². The number of benzene rings is 2. The zero-order chi connectivity index (χ0) is 24.0. The van der Waals surface area contributed by atoms with Gasteiger partial charge in [-0.2, -0.15) is 0 Å². The normalized spacial score (nSPS) is 15.9. The van der Waals surface area contributed by atoms with Gasteiger partial charge in [0.05, 0.1) is 18.8 Å². The lowest BCUT2D eigenvalue weighted by Crippen LogP contribution is -2.45. The molecule has 3 rings (SSSR count). The molecular formula is C28H39NO4. The Morgan fingerprint density at radius 2 is 1.82 bits per heavy atom. The van der Waals surface area contributed by atoms with Crippen LogP contribution < -0.4 is 5.32 Å². The van der Waals surface area contributed by atoms with Crippen LogP contribution in [-0.2, 0) is 28.8 Å². The summed E-state index contributed by atoms with van der Waals surface area (Å²) in [5, 5.41) is 23.1. The van der Waals surface area contributed by atoms with E-state index in [1.54, 1.807) is 0 Å². The van der Waals surface area contributed by atoms with Crippen molar-refractivity contribution in [3.63, 3.8) is 0 Å². The zero-order valence-electron chi connectivity index (χ0n) is 20.4. The van der Waals surface area contributed by atoms with Crippen molar-refractivity contribution in [1.29, 1.82) is 0 Å². The van der Waals surface area contributed by atoms with Crippen LogP contribution in [0.5, 0.6) is 0 Å². The van der Waals surface area contributed by atoms with E-state index in [2.05, 4.69) is 43.4 Å². The Balaban J connectivity index is 1.46. The van der Waals surface area contributed by atoms with E-state index in [0.29, 0.717) is 18.9 Å². The van der Waals surface area contributed by atoms with Crippen LogP contribution in [0.1, 0.15) is 67.5 Å². The average Bonchev–Trinajstić information content (AvgIpc) is 3.16. The molecule has 0 radical (unpaired) electrons. The third kappa shape index (κ3) is 7.39. The number of carboxylic acids is 1. The first kappa shape index (κ1) is 25.4. The summed E-state index contributed by atoms with van der Waals surface area (Å²) >= 11 is 0. The molecule has 1 aliphatic carbocycles. The highest BCUT2D eigenvalue weighted by molar-refractivity contribution is 5.67. The van der Waals surface area contributed by atoms with Crippen molar-refractivity contribution in [1.82, 2.24) is 5.32 Å². The van der Waals surface area contributed by atoms with Gasteiger partial charge in [0.2, 0.25) is 0 Å². The van der Waals surface area contributed by atoms with E-state index < -0.39 is 12.1 Å². The number of hydrogen-bond donors (Lipinski definition) is 3. The summed E-state index contributed by atoms with van der Waals surface area (Å²) in [4.78, 5) is 11.0. The van der Waals surface area contributed by atoms with Crippen LogP contribution in [0.25, 0.3) is 0 Å². The fraction of sp³-hybridized carbons (Fsp3) is 0.536. The summed E-state index contributed by atoms with van der Waals surface area (Å²) in [6.07, 6.45) is 3.07. The van der Waals surface area contributed by atoms with Crippen molar-refractivity contribution < 1.29 is 19.7 Å². The van der Waals surface area contributed by atoms with Gasteiger partial charge in [0, 0.05) is 18.5 Å². The first-order chi connectivity index (χ1) is 15.6. The standard InChI is InChI=1S/C28H39NO4/c1-19-8-7-11-26(25(19)12-13-27(31)32)20(2)33-18-24(30)17-29-28(3,4)16-21-14-22-9-5-6-10-23(22)15-21/h5-11,20-21,24,29-30H,12-18H2,1-4H3,(H,31,32)/t20-,24+/m1/s1. The Hall–Kier alpha value is -2.21. The maximum Gasteiger partial charge on any atom is 0.303 e. The monoisotopic (exact) mass is 453 g/mol. The molecule has 0 fully saturated rings. The van der Waals surface area contributed by atoms with Gasteiger partial charge in [-0.15, -0.1) is 0 Å². The molecule has 0 aliphatic heterocycles. The summed E-state index contributed by atoms with van der Waals surface area (Å²) < 4.78 is 6.00. The minimum Gasteiger partial charge on any atom is -0.481 e. The van der Waals surface area contributed by atoms with Crippen molar-refractivity contribution in [2.24, 2.45) is 5.92 Å². The minimum absolute atomic E-state index is 0.0696. The smallest absolute Gasteiger partial charge is 0.303 e. The highest BCUT2D eigenvalue weighted by Gasteiger charge is 2.28. The molecule has 2 atom stereocenters. The number of nitrogens with one attached hydrogen (secondary N) is 1. The fourth-order valence-corrected chi connectivity index (χ4v) is 5.07. The zero-order valence-corrected chi connectivity index (χ0v) is 20.4. The third-order valence-electron chi connectivity index (χ3n) is 6.76. The van der Waals surface area contributed by atoms with Crippen molar-refractivity contribution in [3.8, 4) is 0 Å². The van der Waals surface area contributed by atoms with Crippen LogP contribution in [0, 0.1) is 12.8 Å². The molecular weight excluding hydrogens is 414 g/mol. The molecule has 3 N–H and O–H groups in total. The van der Waals surface area contributed by atoms with E-state index in [1.807, 2.05) is 32.0 Å². The van der Waals surface area contributed by atoms with Gasteiger partial charge in [-0.3, -0.25) is 4.79 Å². The van der Waals surface area contributed by atoms with Gasteiger partial charge in [-0.25, -0.2) is 0 Å². The number of aliphatic carboxylic acids is 1. The highest BCUT2D eigenvalue weighted by Crippen LogP contribution is 2.32. The van der Waals surface area contributed by atoms with Crippen molar-refractivity contribution >= 4 is 5.97 Å². The summed E-state index contributed by atoms with van der Waals surface area (Å²) in [5.74, 6) is -0.174. The van der Waals surface area contributed by atoms with Gasteiger partial charge in [-0.1, -0.05) is 42.5 Å². The molecule has 2 aromatic rings. The number of β-amino-alcohol motifs (C(OH)–C–C–N with tert-alkyl or cyclic N) is 1. The average molecular weight is 454 g/mol. The minimum atomic E-state index is -0.802. The number of carboxylic acid groups (broad SMARTS) is 1. The predicted molar refractivity (Wildman–Crippen MR) is 132 cm³/mol. The molecule has 5 nitrogen and oxygen atoms in total. The molecule has 2 aromatic carbocycles. The Bertz CT molecular complexity index is 914. The molecule has 0 amide bonds. The molecule has 0 saturated heterocycles. The summed E-state index contributed by atoms with van der Waals surface area (Å²) in [7, 11) is 0. The molecule has 5 heteroatoms. The van der Waals surface area contributed by atoms with Crippen LogP contribution in [0.2, 0.25) is 0 Å². The number of aryl methyl sites for hydroxylation is 1. The second-order valence-electron chi connectivity index (χ2n) is 10.2. The van der Waals surface area contributed by atoms with Gasteiger partial charge >= 0.3 is 5.97 Å². The molecule has 0 spiro atoms. The van der Waals surface area contributed by atoms with Crippen LogP contribution >= 0.6 is 0 Å². The summed E-state index contributed by atoms with van der Waals surface area (Å²) in [6.45, 7) is 9.06. The summed E-state index contributed by atoms with van der Waals surface area (Å²) in [6, 6.07) is 14.7. The SMILES string of the molecule is Cc1cccc([C@@H](C)OC[C@@H](O)CNC(C)(C)CC2Cc3ccccc3C2)c1CCC(=O)O. The van der Waals surface area contributed by atoms with Crippen LogP contribution in [-0.4, -0.2) is 41.0 Å². The van der Waals surface area contributed by atoms with E-state index in [-0.39, 0.29) is 24.7 Å².